The van der Waals surface area contributed by atoms with Crippen LogP contribution in [-0.2, 0) is 0 Å². The lowest BCUT2D eigenvalue weighted by molar-refractivity contribution is 0.848. The molecule has 0 N–H and O–H groups in total. The Morgan fingerprint density at radius 3 is 2.00 bits per heavy atom. The van der Waals surface area contributed by atoms with Crippen LogP contribution in [0.3, 0.4) is 0 Å². The second kappa shape index (κ2) is 2.45. The Kier molecular flexibility index (Phi) is 1.79. The van der Waals surface area contributed by atoms with Gasteiger partial charge >= 0.3 is 0 Å². The first-order chi connectivity index (χ1) is 4.63. The molecule has 0 spiro atoms. The average Bonchev–Trinajstić information content (AvgIpc) is 2.14. The van der Waals surface area contributed by atoms with Gasteiger partial charge in [-0.3, -0.25) is 0 Å². The molecule has 1 rings (SSSR count). The molecular formula is C8H13N2. The molecule has 1 aliphatic heterocycles. The van der Waals surface area contributed by atoms with Crippen molar-refractivity contribution in [3.63, 3.8) is 0 Å². The van der Waals surface area contributed by atoms with Crippen molar-refractivity contribution >= 4 is 5.71 Å². The van der Waals surface area contributed by atoms with Crippen LogP contribution < -0.4 is 5.43 Å². The minimum Gasteiger partial charge on any atom is -0.155 e. The first-order valence-electron chi connectivity index (χ1n) is 3.59. The van der Waals surface area contributed by atoms with Gasteiger partial charge in [0.15, 0.2) is 0 Å². The summed E-state index contributed by atoms with van der Waals surface area (Å²) in [6.45, 7) is 8.34. The molecule has 1 aliphatic rings. The lowest BCUT2D eigenvalue weighted by Gasteiger charge is -2.02. The smallest absolute Gasteiger partial charge is 0.0703 e. The van der Waals surface area contributed by atoms with Crippen LogP contribution in [0.2, 0.25) is 0 Å². The summed E-state index contributed by atoms with van der Waals surface area (Å²) in [6, 6.07) is 0. The fraction of sp³-hybridized carbons (Fsp3) is 0.625. The SMILES string of the molecule is CC1=C(C)C(C(C)C)=N[N]1. The maximum absolute atomic E-state index is 4.06. The Labute approximate surface area is 62.0 Å². The maximum atomic E-state index is 4.06. The van der Waals surface area contributed by atoms with E-state index in [1.165, 1.54) is 5.57 Å². The van der Waals surface area contributed by atoms with E-state index in [2.05, 4.69) is 31.3 Å². The highest BCUT2D eigenvalue weighted by Gasteiger charge is 2.16. The van der Waals surface area contributed by atoms with E-state index in [1.54, 1.807) is 0 Å². The molecule has 0 aliphatic carbocycles. The standard InChI is InChI=1S/C8H13N2/c1-5(2)8-6(3)7(4)9-10-8/h5H,1-4H3. The Morgan fingerprint density at radius 2 is 1.80 bits per heavy atom. The molecule has 2 nitrogen and oxygen atoms in total. The molecule has 0 aromatic rings. The Hall–Kier alpha value is -0.790. The van der Waals surface area contributed by atoms with Crippen molar-refractivity contribution in [3.8, 4) is 0 Å². The minimum atomic E-state index is 0.501. The molecule has 2 heteroatoms. The number of rotatable bonds is 1. The van der Waals surface area contributed by atoms with E-state index < -0.39 is 0 Å². The predicted octanol–water partition coefficient (Wildman–Crippen LogP) is 1.91. The summed E-state index contributed by atoms with van der Waals surface area (Å²) in [7, 11) is 0. The van der Waals surface area contributed by atoms with Crippen molar-refractivity contribution in [2.24, 2.45) is 11.0 Å². The van der Waals surface area contributed by atoms with E-state index in [9.17, 15) is 0 Å². The molecule has 1 radical (unpaired) electrons. The van der Waals surface area contributed by atoms with E-state index in [0.29, 0.717) is 5.92 Å². The van der Waals surface area contributed by atoms with Crippen LogP contribution in [0.1, 0.15) is 27.7 Å². The summed E-state index contributed by atoms with van der Waals surface area (Å²) >= 11 is 0. The second-order valence-electron chi connectivity index (χ2n) is 2.95. The number of nitrogens with zero attached hydrogens (tertiary/aromatic N) is 2. The average molecular weight is 137 g/mol. The van der Waals surface area contributed by atoms with Crippen molar-refractivity contribution in [1.82, 2.24) is 5.43 Å². The number of hydrogen-bond donors (Lipinski definition) is 0. The minimum absolute atomic E-state index is 0.501. The van der Waals surface area contributed by atoms with Gasteiger partial charge in [-0.25, -0.2) is 0 Å². The van der Waals surface area contributed by atoms with Gasteiger partial charge in [0.05, 0.1) is 11.4 Å². The quantitative estimate of drug-likeness (QED) is 0.528. The zero-order valence-electron chi connectivity index (χ0n) is 6.97. The highest BCUT2D eigenvalue weighted by Crippen LogP contribution is 2.16. The number of allylic oxidation sites excluding steroid dienone is 2. The van der Waals surface area contributed by atoms with Gasteiger partial charge in [-0.1, -0.05) is 13.8 Å². The van der Waals surface area contributed by atoms with E-state index >= 15 is 0 Å². The third-order valence-electron chi connectivity index (χ3n) is 1.78. The zero-order chi connectivity index (χ0) is 7.72. The lowest BCUT2D eigenvalue weighted by Crippen LogP contribution is -2.06. The van der Waals surface area contributed by atoms with Crippen LogP contribution in [0.15, 0.2) is 16.4 Å². The molecule has 10 heavy (non-hydrogen) atoms. The van der Waals surface area contributed by atoms with Crippen LogP contribution >= 0.6 is 0 Å². The van der Waals surface area contributed by atoms with Gasteiger partial charge in [0.1, 0.15) is 0 Å². The normalized spacial score (nSPS) is 17.9. The third-order valence-corrected chi connectivity index (χ3v) is 1.78. The van der Waals surface area contributed by atoms with Gasteiger partial charge in [0.25, 0.3) is 0 Å². The molecule has 0 aromatic heterocycles. The first-order valence-corrected chi connectivity index (χ1v) is 3.59. The van der Waals surface area contributed by atoms with Gasteiger partial charge in [-0.2, -0.15) is 10.5 Å². The summed E-state index contributed by atoms with van der Waals surface area (Å²) in [5, 5.41) is 4.06. The van der Waals surface area contributed by atoms with E-state index in [4.69, 9.17) is 0 Å². The summed E-state index contributed by atoms with van der Waals surface area (Å²) in [6.07, 6.45) is 0. The molecule has 55 valence electrons. The van der Waals surface area contributed by atoms with E-state index in [0.717, 1.165) is 11.4 Å². The highest BCUT2D eigenvalue weighted by molar-refractivity contribution is 6.02. The molecular weight excluding hydrogens is 124 g/mol. The van der Waals surface area contributed by atoms with E-state index in [-0.39, 0.29) is 0 Å². The largest absolute Gasteiger partial charge is 0.155 e. The van der Waals surface area contributed by atoms with Crippen LogP contribution in [0.25, 0.3) is 0 Å². The predicted molar refractivity (Wildman–Crippen MR) is 42.8 cm³/mol. The fourth-order valence-electron chi connectivity index (χ4n) is 1.01. The van der Waals surface area contributed by atoms with Crippen molar-refractivity contribution in [3.05, 3.63) is 11.3 Å². The topological polar surface area (TPSA) is 26.5 Å². The lowest BCUT2D eigenvalue weighted by atomic mass is 10.0. The Morgan fingerprint density at radius 1 is 1.20 bits per heavy atom. The third kappa shape index (κ3) is 1.06. The fourth-order valence-corrected chi connectivity index (χ4v) is 1.01. The molecule has 0 amide bonds. The molecule has 1 heterocycles. The van der Waals surface area contributed by atoms with Crippen molar-refractivity contribution in [2.45, 2.75) is 27.7 Å². The van der Waals surface area contributed by atoms with Gasteiger partial charge in [-0.05, 0) is 25.3 Å². The molecule has 0 bridgehead atoms. The van der Waals surface area contributed by atoms with Crippen molar-refractivity contribution in [2.75, 3.05) is 0 Å². The van der Waals surface area contributed by atoms with Gasteiger partial charge in [-0.15, -0.1) is 0 Å². The summed E-state index contributed by atoms with van der Waals surface area (Å²) in [5.41, 5.74) is 7.43. The van der Waals surface area contributed by atoms with Crippen LogP contribution in [0, 0.1) is 5.92 Å². The van der Waals surface area contributed by atoms with Crippen molar-refractivity contribution in [1.29, 1.82) is 0 Å². The molecule has 0 atom stereocenters. The second-order valence-corrected chi connectivity index (χ2v) is 2.95. The summed E-state index contributed by atoms with van der Waals surface area (Å²) < 4.78 is 0. The van der Waals surface area contributed by atoms with Gasteiger partial charge in [0, 0.05) is 0 Å². The highest BCUT2D eigenvalue weighted by atomic mass is 15.3. The molecule has 0 fully saturated rings. The Bertz CT molecular complexity index is 199. The maximum Gasteiger partial charge on any atom is 0.0703 e. The molecule has 0 saturated carbocycles. The molecule has 0 aromatic carbocycles. The van der Waals surface area contributed by atoms with Crippen LogP contribution in [0.5, 0.6) is 0 Å². The van der Waals surface area contributed by atoms with Crippen molar-refractivity contribution < 1.29 is 0 Å². The molecule has 0 unspecified atom stereocenters. The summed E-state index contributed by atoms with van der Waals surface area (Å²) in [5.74, 6) is 0.501. The van der Waals surface area contributed by atoms with E-state index in [1.807, 2.05) is 6.92 Å². The van der Waals surface area contributed by atoms with Crippen LogP contribution in [0.4, 0.5) is 0 Å². The van der Waals surface area contributed by atoms with Gasteiger partial charge < -0.3 is 0 Å². The van der Waals surface area contributed by atoms with Gasteiger partial charge in [0.2, 0.25) is 0 Å². The zero-order valence-corrected chi connectivity index (χ0v) is 6.97. The first kappa shape index (κ1) is 7.32. The monoisotopic (exact) mass is 137 g/mol. The summed E-state index contributed by atoms with van der Waals surface area (Å²) in [4.78, 5) is 0. The molecule has 0 saturated heterocycles. The Balaban J connectivity index is 2.83. The number of hydrogen-bond acceptors (Lipinski definition) is 1. The van der Waals surface area contributed by atoms with Crippen LogP contribution in [-0.4, -0.2) is 5.71 Å².